The summed E-state index contributed by atoms with van der Waals surface area (Å²) in [6.45, 7) is 6.09. The van der Waals surface area contributed by atoms with Crippen molar-refractivity contribution in [2.45, 2.75) is 32.4 Å². The maximum Gasteiger partial charge on any atom is 0.401 e. The third kappa shape index (κ3) is 5.77. The van der Waals surface area contributed by atoms with Crippen LogP contribution in [-0.4, -0.2) is 37.8 Å². The Balaban J connectivity index is 0.00000400. The fourth-order valence-corrected chi connectivity index (χ4v) is 1.69. The van der Waals surface area contributed by atoms with Crippen molar-refractivity contribution in [1.29, 1.82) is 0 Å². The second-order valence-corrected chi connectivity index (χ2v) is 5.87. The van der Waals surface area contributed by atoms with Crippen molar-refractivity contribution in [1.82, 2.24) is 10.3 Å². The molecule has 3 nitrogen and oxygen atoms in total. The van der Waals surface area contributed by atoms with Gasteiger partial charge in [-0.15, -0.1) is 0 Å². The summed E-state index contributed by atoms with van der Waals surface area (Å²) >= 11 is 0. The predicted molar refractivity (Wildman–Crippen MR) is 77.2 cm³/mol. The first-order valence-electron chi connectivity index (χ1n) is 6.55. The molecule has 6 heteroatoms. The molecule has 0 unspecified atom stereocenters. The van der Waals surface area contributed by atoms with Crippen LogP contribution in [-0.2, 0) is 5.41 Å². The highest BCUT2D eigenvalue weighted by atomic mass is 19.4. The Kier molecular flexibility index (Phi) is 5.39. The Labute approximate surface area is 119 Å². The van der Waals surface area contributed by atoms with Crippen LogP contribution in [0, 0.1) is 0 Å². The Morgan fingerprint density at radius 3 is 2.50 bits per heavy atom. The van der Waals surface area contributed by atoms with E-state index in [1.807, 2.05) is 24.1 Å². The van der Waals surface area contributed by atoms with Gasteiger partial charge in [-0.05, 0) is 23.1 Å². The number of likely N-dealkylation sites (N-methyl/N-ethyl adjacent to an activating group) is 1. The fraction of sp³-hybridized carbons (Fsp3) is 0.643. The van der Waals surface area contributed by atoms with Crippen molar-refractivity contribution in [2.24, 2.45) is 0 Å². The predicted octanol–water partition coefficient (Wildman–Crippen LogP) is 3.21. The molecule has 0 bridgehead atoms. The van der Waals surface area contributed by atoms with Crippen LogP contribution < -0.4 is 10.2 Å². The first kappa shape index (κ1) is 16.8. The molecule has 0 amide bonds. The molecule has 0 atom stereocenters. The lowest BCUT2D eigenvalue weighted by Gasteiger charge is -2.23. The molecular formula is C14H24F3N3. The van der Waals surface area contributed by atoms with Gasteiger partial charge in [0.1, 0.15) is 5.82 Å². The van der Waals surface area contributed by atoms with Crippen LogP contribution in [0.1, 0.15) is 27.8 Å². The zero-order valence-corrected chi connectivity index (χ0v) is 12.4. The van der Waals surface area contributed by atoms with Crippen molar-refractivity contribution in [3.63, 3.8) is 0 Å². The smallest absolute Gasteiger partial charge is 0.358 e. The molecule has 1 aromatic heterocycles. The van der Waals surface area contributed by atoms with Crippen molar-refractivity contribution < 1.29 is 14.6 Å². The van der Waals surface area contributed by atoms with E-state index in [1.54, 1.807) is 6.20 Å². The molecular weight excluding hydrogens is 267 g/mol. The van der Waals surface area contributed by atoms with Crippen LogP contribution in [0.5, 0.6) is 0 Å². The highest BCUT2D eigenvalue weighted by Crippen LogP contribution is 2.24. The number of nitrogens with one attached hydrogen (secondary N) is 1. The third-order valence-corrected chi connectivity index (χ3v) is 2.95. The average Bonchev–Trinajstić information content (AvgIpc) is 2.32. The summed E-state index contributed by atoms with van der Waals surface area (Å²) in [7, 11) is 1.82. The van der Waals surface area contributed by atoms with Crippen LogP contribution in [0.3, 0.4) is 0 Å². The second kappa shape index (κ2) is 6.43. The molecule has 20 heavy (non-hydrogen) atoms. The second-order valence-electron chi connectivity index (χ2n) is 5.87. The Bertz CT molecular complexity index is 430. The normalized spacial score (nSPS) is 12.6. The minimum Gasteiger partial charge on any atom is -0.358 e. The van der Waals surface area contributed by atoms with Gasteiger partial charge in [0.05, 0.1) is 6.54 Å². The summed E-state index contributed by atoms with van der Waals surface area (Å²) in [6.07, 6.45) is -2.43. The van der Waals surface area contributed by atoms with Gasteiger partial charge >= 0.3 is 6.18 Å². The van der Waals surface area contributed by atoms with E-state index in [-0.39, 0.29) is 13.4 Å². The van der Waals surface area contributed by atoms with Gasteiger partial charge in [-0.25, -0.2) is 4.98 Å². The molecule has 0 aliphatic carbocycles. The van der Waals surface area contributed by atoms with Crippen LogP contribution in [0.25, 0.3) is 0 Å². The van der Waals surface area contributed by atoms with E-state index in [4.69, 9.17) is 0 Å². The first-order valence-corrected chi connectivity index (χ1v) is 6.55. The monoisotopic (exact) mass is 291 g/mol. The number of anilines is 1. The molecule has 0 aliphatic heterocycles. The number of hydrogen-bond acceptors (Lipinski definition) is 3. The lowest BCUT2D eigenvalue weighted by molar-refractivity contribution is -0.124. The maximum absolute atomic E-state index is 12.0. The number of pyridine rings is 1. The standard InChI is InChI=1S/C14H22F3N3.H2/c1-13(2,3)11-5-6-19-12(9-11)20(4)8-7-18-10-14(15,16)17;/h5-6,9,18H,7-8,10H2,1-4H3;1H. The van der Waals surface area contributed by atoms with Crippen LogP contribution in [0.4, 0.5) is 19.0 Å². The Morgan fingerprint density at radius 2 is 1.95 bits per heavy atom. The lowest BCUT2D eigenvalue weighted by Crippen LogP contribution is -2.35. The Morgan fingerprint density at radius 1 is 1.30 bits per heavy atom. The molecule has 0 aliphatic rings. The van der Waals surface area contributed by atoms with Crippen LogP contribution in [0.15, 0.2) is 18.3 Å². The quantitative estimate of drug-likeness (QED) is 0.844. The lowest BCUT2D eigenvalue weighted by atomic mass is 9.88. The third-order valence-electron chi connectivity index (χ3n) is 2.95. The summed E-state index contributed by atoms with van der Waals surface area (Å²) in [5.41, 5.74) is 1.17. The zero-order valence-electron chi connectivity index (χ0n) is 12.4. The molecule has 1 N–H and O–H groups in total. The van der Waals surface area contributed by atoms with E-state index < -0.39 is 12.7 Å². The molecule has 0 saturated heterocycles. The van der Waals surface area contributed by atoms with E-state index in [0.717, 1.165) is 11.4 Å². The van der Waals surface area contributed by atoms with Gasteiger partial charge in [-0.2, -0.15) is 13.2 Å². The van der Waals surface area contributed by atoms with E-state index in [2.05, 4.69) is 31.1 Å². The number of halogens is 3. The van der Waals surface area contributed by atoms with E-state index in [1.165, 1.54) is 0 Å². The van der Waals surface area contributed by atoms with Crippen molar-refractivity contribution >= 4 is 5.82 Å². The molecule has 0 saturated carbocycles. The summed E-state index contributed by atoms with van der Waals surface area (Å²) < 4.78 is 36.0. The minimum absolute atomic E-state index is 0. The molecule has 116 valence electrons. The van der Waals surface area contributed by atoms with Crippen molar-refractivity contribution in [3.05, 3.63) is 23.9 Å². The summed E-state index contributed by atoms with van der Waals surface area (Å²) in [4.78, 5) is 6.10. The SMILES string of the molecule is CN(CCNCC(F)(F)F)c1cc(C(C)(C)C)ccn1.[HH]. The number of rotatable bonds is 5. The first-order chi connectivity index (χ1) is 9.09. The number of alkyl halides is 3. The highest BCUT2D eigenvalue weighted by Gasteiger charge is 2.26. The van der Waals surface area contributed by atoms with Gasteiger partial charge in [0.2, 0.25) is 0 Å². The number of aromatic nitrogens is 1. The molecule has 0 aromatic carbocycles. The average molecular weight is 291 g/mol. The summed E-state index contributed by atoms with van der Waals surface area (Å²) in [5, 5.41) is 2.38. The van der Waals surface area contributed by atoms with E-state index in [0.29, 0.717) is 6.54 Å². The molecule has 1 aromatic rings. The number of nitrogens with zero attached hydrogens (tertiary/aromatic N) is 2. The van der Waals surface area contributed by atoms with Crippen molar-refractivity contribution in [3.8, 4) is 0 Å². The largest absolute Gasteiger partial charge is 0.401 e. The topological polar surface area (TPSA) is 28.2 Å². The molecule has 1 heterocycles. The maximum atomic E-state index is 12.0. The van der Waals surface area contributed by atoms with Gasteiger partial charge < -0.3 is 10.2 Å². The molecule has 0 spiro atoms. The number of hydrogen-bond donors (Lipinski definition) is 1. The molecule has 1 rings (SSSR count). The molecule has 0 radical (unpaired) electrons. The zero-order chi connectivity index (χ0) is 15.4. The van der Waals surface area contributed by atoms with Crippen LogP contribution in [0.2, 0.25) is 0 Å². The van der Waals surface area contributed by atoms with Gasteiger partial charge in [0.15, 0.2) is 0 Å². The van der Waals surface area contributed by atoms with Crippen LogP contribution >= 0.6 is 0 Å². The fourth-order valence-electron chi connectivity index (χ4n) is 1.69. The van der Waals surface area contributed by atoms with Gasteiger partial charge in [0, 0.05) is 27.8 Å². The van der Waals surface area contributed by atoms with Gasteiger partial charge in [-0.1, -0.05) is 20.8 Å². The molecule has 0 fully saturated rings. The minimum atomic E-state index is -4.16. The van der Waals surface area contributed by atoms with Gasteiger partial charge in [0.25, 0.3) is 0 Å². The highest BCUT2D eigenvalue weighted by molar-refractivity contribution is 5.42. The van der Waals surface area contributed by atoms with E-state index >= 15 is 0 Å². The van der Waals surface area contributed by atoms with Crippen molar-refractivity contribution in [2.75, 3.05) is 31.6 Å². The Hall–Kier alpha value is -1.30. The van der Waals surface area contributed by atoms with Gasteiger partial charge in [-0.3, -0.25) is 0 Å². The summed E-state index contributed by atoms with van der Waals surface area (Å²) in [6, 6.07) is 3.93. The van der Waals surface area contributed by atoms with E-state index in [9.17, 15) is 13.2 Å². The summed E-state index contributed by atoms with van der Waals surface area (Å²) in [5.74, 6) is 0.770.